The summed E-state index contributed by atoms with van der Waals surface area (Å²) in [5, 5.41) is 0. The Hall–Kier alpha value is -1.35. The minimum absolute atomic E-state index is 0.145. The predicted octanol–water partition coefficient (Wildman–Crippen LogP) is 2.78. The molecular weight excluding hydrogens is 236 g/mol. The minimum atomic E-state index is 0.145. The third kappa shape index (κ3) is 3.16. The average molecular weight is 260 g/mol. The summed E-state index contributed by atoms with van der Waals surface area (Å²) in [7, 11) is 1.88. The lowest BCUT2D eigenvalue weighted by Crippen LogP contribution is -2.37. The summed E-state index contributed by atoms with van der Waals surface area (Å²) in [6, 6.07) is 6.47. The first-order valence-corrected chi connectivity index (χ1v) is 7.09. The maximum atomic E-state index is 12.5. The Kier molecular flexibility index (Phi) is 4.25. The van der Waals surface area contributed by atoms with Crippen molar-refractivity contribution in [2.45, 2.75) is 45.6 Å². The molecule has 1 amide bonds. The van der Waals surface area contributed by atoms with E-state index in [0.29, 0.717) is 0 Å². The summed E-state index contributed by atoms with van der Waals surface area (Å²) in [6.45, 7) is 4.17. The van der Waals surface area contributed by atoms with Crippen LogP contribution < -0.4 is 10.6 Å². The molecule has 0 aromatic heterocycles. The highest BCUT2D eigenvalue weighted by molar-refractivity contribution is 5.94. The van der Waals surface area contributed by atoms with Crippen LogP contribution in [-0.2, 0) is 4.79 Å². The molecule has 104 valence electrons. The van der Waals surface area contributed by atoms with Crippen LogP contribution in [0.15, 0.2) is 18.2 Å². The highest BCUT2D eigenvalue weighted by atomic mass is 16.2. The highest BCUT2D eigenvalue weighted by Gasteiger charge is 2.27. The topological polar surface area (TPSA) is 46.3 Å². The van der Waals surface area contributed by atoms with Gasteiger partial charge < -0.3 is 10.6 Å². The van der Waals surface area contributed by atoms with Gasteiger partial charge in [-0.1, -0.05) is 6.07 Å². The Morgan fingerprint density at radius 2 is 1.79 bits per heavy atom. The second kappa shape index (κ2) is 5.74. The van der Waals surface area contributed by atoms with Gasteiger partial charge in [-0.05, 0) is 62.8 Å². The normalized spacial score (nSPS) is 23.2. The van der Waals surface area contributed by atoms with Gasteiger partial charge in [0.1, 0.15) is 0 Å². The molecule has 3 nitrogen and oxygen atoms in total. The average Bonchev–Trinajstić information content (AvgIpc) is 2.41. The van der Waals surface area contributed by atoms with E-state index in [-0.39, 0.29) is 17.9 Å². The number of hydrogen-bond acceptors (Lipinski definition) is 2. The standard InChI is InChI=1S/C16H24N2O/c1-11-4-9-15(10-12(11)2)18(3)16(19)13-5-7-14(17)8-6-13/h4,9-10,13-14H,5-8,17H2,1-3H3. The van der Waals surface area contributed by atoms with Crippen LogP contribution in [0.4, 0.5) is 5.69 Å². The molecular formula is C16H24N2O. The molecule has 1 aromatic carbocycles. The maximum Gasteiger partial charge on any atom is 0.229 e. The molecule has 2 rings (SSSR count). The van der Waals surface area contributed by atoms with E-state index >= 15 is 0 Å². The Labute approximate surface area is 115 Å². The summed E-state index contributed by atoms with van der Waals surface area (Å²) in [5.74, 6) is 0.376. The van der Waals surface area contributed by atoms with E-state index in [1.54, 1.807) is 4.90 Å². The lowest BCUT2D eigenvalue weighted by Gasteiger charge is -2.29. The Balaban J connectivity index is 2.08. The van der Waals surface area contributed by atoms with Gasteiger partial charge >= 0.3 is 0 Å². The SMILES string of the molecule is Cc1ccc(N(C)C(=O)C2CCC(N)CC2)cc1C. The number of carbonyl (C=O) groups excluding carboxylic acids is 1. The molecule has 1 aliphatic rings. The number of anilines is 1. The smallest absolute Gasteiger partial charge is 0.229 e. The minimum Gasteiger partial charge on any atom is -0.328 e. The van der Waals surface area contributed by atoms with Crippen molar-refractivity contribution in [3.05, 3.63) is 29.3 Å². The molecule has 1 fully saturated rings. The fourth-order valence-corrected chi connectivity index (χ4v) is 2.70. The molecule has 0 bridgehead atoms. The molecule has 1 aliphatic carbocycles. The summed E-state index contributed by atoms with van der Waals surface area (Å²) in [5.41, 5.74) is 9.37. The molecule has 19 heavy (non-hydrogen) atoms. The van der Waals surface area contributed by atoms with Gasteiger partial charge in [-0.15, -0.1) is 0 Å². The molecule has 0 spiro atoms. The first-order valence-electron chi connectivity index (χ1n) is 7.09. The van der Waals surface area contributed by atoms with Gasteiger partial charge in [0.25, 0.3) is 0 Å². The van der Waals surface area contributed by atoms with Crippen LogP contribution in [0.25, 0.3) is 0 Å². The summed E-state index contributed by atoms with van der Waals surface area (Å²) in [6.07, 6.45) is 3.79. The number of benzene rings is 1. The first-order chi connectivity index (χ1) is 8.99. The quantitative estimate of drug-likeness (QED) is 0.888. The maximum absolute atomic E-state index is 12.5. The third-order valence-corrected chi connectivity index (χ3v) is 4.33. The van der Waals surface area contributed by atoms with Gasteiger partial charge in [0.15, 0.2) is 0 Å². The Morgan fingerprint density at radius 3 is 2.37 bits per heavy atom. The molecule has 0 saturated heterocycles. The van der Waals surface area contributed by atoms with Gasteiger partial charge in [0.05, 0.1) is 0 Å². The lowest BCUT2D eigenvalue weighted by atomic mass is 9.85. The molecule has 0 unspecified atom stereocenters. The van der Waals surface area contributed by atoms with Crippen LogP contribution in [0.2, 0.25) is 0 Å². The van der Waals surface area contributed by atoms with Crippen molar-refractivity contribution in [2.24, 2.45) is 11.7 Å². The number of aryl methyl sites for hydroxylation is 2. The fourth-order valence-electron chi connectivity index (χ4n) is 2.70. The van der Waals surface area contributed by atoms with Crippen LogP contribution >= 0.6 is 0 Å². The second-order valence-electron chi connectivity index (χ2n) is 5.78. The van der Waals surface area contributed by atoms with E-state index in [0.717, 1.165) is 31.4 Å². The van der Waals surface area contributed by atoms with Crippen LogP contribution in [0, 0.1) is 19.8 Å². The zero-order chi connectivity index (χ0) is 14.0. The van der Waals surface area contributed by atoms with E-state index in [9.17, 15) is 4.79 Å². The van der Waals surface area contributed by atoms with Gasteiger partial charge in [-0.2, -0.15) is 0 Å². The van der Waals surface area contributed by atoms with Crippen molar-refractivity contribution < 1.29 is 4.79 Å². The van der Waals surface area contributed by atoms with Gasteiger partial charge in [0, 0.05) is 24.7 Å². The zero-order valence-electron chi connectivity index (χ0n) is 12.1. The van der Waals surface area contributed by atoms with E-state index in [4.69, 9.17) is 5.73 Å². The lowest BCUT2D eigenvalue weighted by molar-refractivity contribution is -0.123. The number of nitrogens with two attached hydrogens (primary N) is 1. The molecule has 2 N–H and O–H groups in total. The molecule has 0 heterocycles. The van der Waals surface area contributed by atoms with Crippen LogP contribution in [0.1, 0.15) is 36.8 Å². The van der Waals surface area contributed by atoms with Crippen molar-refractivity contribution in [3.63, 3.8) is 0 Å². The monoisotopic (exact) mass is 260 g/mol. The van der Waals surface area contributed by atoms with E-state index in [2.05, 4.69) is 26.0 Å². The Bertz CT molecular complexity index is 462. The van der Waals surface area contributed by atoms with Gasteiger partial charge in [-0.25, -0.2) is 0 Å². The molecule has 0 atom stereocenters. The largest absolute Gasteiger partial charge is 0.328 e. The van der Waals surface area contributed by atoms with Crippen LogP contribution in [0.5, 0.6) is 0 Å². The number of rotatable bonds is 2. The third-order valence-electron chi connectivity index (χ3n) is 4.33. The second-order valence-corrected chi connectivity index (χ2v) is 5.78. The fraction of sp³-hybridized carbons (Fsp3) is 0.562. The Morgan fingerprint density at radius 1 is 1.16 bits per heavy atom. The molecule has 1 saturated carbocycles. The highest BCUT2D eigenvalue weighted by Crippen LogP contribution is 2.27. The zero-order valence-corrected chi connectivity index (χ0v) is 12.1. The summed E-state index contributed by atoms with van der Waals surface area (Å²) < 4.78 is 0. The van der Waals surface area contributed by atoms with Gasteiger partial charge in [0.2, 0.25) is 5.91 Å². The predicted molar refractivity (Wildman–Crippen MR) is 79.3 cm³/mol. The molecule has 1 aromatic rings. The van der Waals surface area contributed by atoms with Crippen molar-refractivity contribution in [2.75, 3.05) is 11.9 Å². The van der Waals surface area contributed by atoms with Crippen molar-refractivity contribution in [1.82, 2.24) is 0 Å². The van der Waals surface area contributed by atoms with Crippen LogP contribution in [-0.4, -0.2) is 19.0 Å². The van der Waals surface area contributed by atoms with Crippen molar-refractivity contribution in [3.8, 4) is 0 Å². The number of carbonyl (C=O) groups is 1. The number of amides is 1. The summed E-state index contributed by atoms with van der Waals surface area (Å²) >= 11 is 0. The first kappa shape index (κ1) is 14.1. The van der Waals surface area contributed by atoms with E-state index in [1.807, 2.05) is 13.1 Å². The van der Waals surface area contributed by atoms with Crippen LogP contribution in [0.3, 0.4) is 0 Å². The van der Waals surface area contributed by atoms with Crippen molar-refractivity contribution in [1.29, 1.82) is 0 Å². The number of hydrogen-bond donors (Lipinski definition) is 1. The van der Waals surface area contributed by atoms with Crippen molar-refractivity contribution >= 4 is 11.6 Å². The summed E-state index contributed by atoms with van der Waals surface area (Å²) in [4.78, 5) is 14.3. The molecule has 3 heteroatoms. The van der Waals surface area contributed by atoms with E-state index < -0.39 is 0 Å². The number of nitrogens with zero attached hydrogens (tertiary/aromatic N) is 1. The molecule has 0 aliphatic heterocycles. The molecule has 0 radical (unpaired) electrons. The van der Waals surface area contributed by atoms with E-state index in [1.165, 1.54) is 11.1 Å². The van der Waals surface area contributed by atoms with Gasteiger partial charge in [-0.3, -0.25) is 4.79 Å².